The molecule has 0 radical (unpaired) electrons. The minimum absolute atomic E-state index is 0.166. The van der Waals surface area contributed by atoms with Crippen molar-refractivity contribution in [3.05, 3.63) is 47.8 Å². The van der Waals surface area contributed by atoms with Crippen molar-refractivity contribution in [2.45, 2.75) is 13.0 Å². The number of benzene rings is 2. The van der Waals surface area contributed by atoms with Crippen LogP contribution in [0.1, 0.15) is 12.0 Å². The highest BCUT2D eigenvalue weighted by molar-refractivity contribution is 5.92. The molecule has 0 aliphatic carbocycles. The summed E-state index contributed by atoms with van der Waals surface area (Å²) >= 11 is 0. The van der Waals surface area contributed by atoms with E-state index in [0.717, 1.165) is 12.0 Å². The van der Waals surface area contributed by atoms with Crippen LogP contribution in [0.2, 0.25) is 0 Å². The molecule has 0 atom stereocenters. The first kappa shape index (κ1) is 19.0. The molecule has 2 aromatic rings. The third-order valence-corrected chi connectivity index (χ3v) is 4.11. The molecule has 0 bridgehead atoms. The van der Waals surface area contributed by atoms with Crippen molar-refractivity contribution in [1.82, 2.24) is 4.90 Å². The summed E-state index contributed by atoms with van der Waals surface area (Å²) in [7, 11) is 3.23. The highest BCUT2D eigenvalue weighted by Crippen LogP contribution is 2.32. The number of methoxy groups -OCH3 is 1. The minimum Gasteiger partial charge on any atom is -0.494 e. The smallest absolute Gasteiger partial charge is 0.238 e. The van der Waals surface area contributed by atoms with Gasteiger partial charge in [-0.15, -0.1) is 0 Å². The molecule has 1 heterocycles. The van der Waals surface area contributed by atoms with E-state index in [2.05, 4.69) is 5.32 Å². The van der Waals surface area contributed by atoms with Crippen molar-refractivity contribution in [1.29, 1.82) is 0 Å². The molecule has 7 heteroatoms. The van der Waals surface area contributed by atoms with Crippen LogP contribution in [0.5, 0.6) is 17.2 Å². The molecule has 1 aliphatic heterocycles. The van der Waals surface area contributed by atoms with Gasteiger partial charge in [0.05, 0.1) is 26.9 Å². The Morgan fingerprint density at radius 1 is 1.19 bits per heavy atom. The molecule has 6 nitrogen and oxygen atoms in total. The summed E-state index contributed by atoms with van der Waals surface area (Å²) < 4.78 is 29.9. The lowest BCUT2D eigenvalue weighted by molar-refractivity contribution is -0.117. The molecule has 0 saturated carbocycles. The number of nitrogens with one attached hydrogen (secondary N) is 1. The number of fused-ring (bicyclic) bond motifs is 1. The zero-order chi connectivity index (χ0) is 19.2. The number of amides is 1. The Balaban J connectivity index is 1.55. The van der Waals surface area contributed by atoms with E-state index in [1.165, 1.54) is 13.2 Å². The number of carbonyl (C=O) groups is 1. The van der Waals surface area contributed by atoms with Crippen LogP contribution in [-0.2, 0) is 11.3 Å². The van der Waals surface area contributed by atoms with E-state index >= 15 is 0 Å². The van der Waals surface area contributed by atoms with Gasteiger partial charge in [-0.2, -0.15) is 0 Å². The largest absolute Gasteiger partial charge is 0.494 e. The predicted molar refractivity (Wildman–Crippen MR) is 100.0 cm³/mol. The molecule has 1 amide bonds. The standard InChI is InChI=1S/C20H23FN2O4/c1-23(12-14-4-6-17(25-2)16(21)10-14)13-20(24)22-15-5-7-18-19(11-15)27-9-3-8-26-18/h4-7,10-11H,3,8-9,12-13H2,1-2H3,(H,22,24). The van der Waals surface area contributed by atoms with Gasteiger partial charge in [0, 0.05) is 24.7 Å². The Labute approximate surface area is 157 Å². The van der Waals surface area contributed by atoms with Crippen LogP contribution in [0.4, 0.5) is 10.1 Å². The van der Waals surface area contributed by atoms with Gasteiger partial charge in [-0.1, -0.05) is 6.07 Å². The average Bonchev–Trinajstić information content (AvgIpc) is 2.86. The Kier molecular flexibility index (Phi) is 6.13. The Hall–Kier alpha value is -2.80. The van der Waals surface area contributed by atoms with Crippen LogP contribution in [0.25, 0.3) is 0 Å². The van der Waals surface area contributed by atoms with E-state index < -0.39 is 5.82 Å². The fourth-order valence-electron chi connectivity index (χ4n) is 2.86. The van der Waals surface area contributed by atoms with Crippen LogP contribution in [0.15, 0.2) is 36.4 Å². The first-order valence-electron chi connectivity index (χ1n) is 8.75. The SMILES string of the molecule is COc1ccc(CN(C)CC(=O)Nc2ccc3c(c2)OCCCO3)cc1F. The van der Waals surface area contributed by atoms with Crippen LogP contribution >= 0.6 is 0 Å². The molecule has 1 aliphatic rings. The zero-order valence-electron chi connectivity index (χ0n) is 15.5. The van der Waals surface area contributed by atoms with Gasteiger partial charge in [-0.3, -0.25) is 9.69 Å². The summed E-state index contributed by atoms with van der Waals surface area (Å²) in [5.41, 5.74) is 1.41. The number of hydrogen-bond donors (Lipinski definition) is 1. The topological polar surface area (TPSA) is 60.0 Å². The van der Waals surface area contributed by atoms with E-state index in [1.807, 2.05) is 0 Å². The molecule has 1 N–H and O–H groups in total. The van der Waals surface area contributed by atoms with Crippen molar-refractivity contribution < 1.29 is 23.4 Å². The number of hydrogen-bond acceptors (Lipinski definition) is 5. The van der Waals surface area contributed by atoms with Crippen molar-refractivity contribution >= 4 is 11.6 Å². The van der Waals surface area contributed by atoms with E-state index in [1.54, 1.807) is 42.3 Å². The van der Waals surface area contributed by atoms with Gasteiger partial charge >= 0.3 is 0 Å². The van der Waals surface area contributed by atoms with Crippen molar-refractivity contribution in [2.24, 2.45) is 0 Å². The maximum absolute atomic E-state index is 13.8. The number of halogens is 1. The quantitative estimate of drug-likeness (QED) is 0.842. The van der Waals surface area contributed by atoms with Crippen molar-refractivity contribution in [3.63, 3.8) is 0 Å². The highest BCUT2D eigenvalue weighted by atomic mass is 19.1. The number of likely N-dealkylation sites (N-methyl/N-ethyl adjacent to an activating group) is 1. The Morgan fingerprint density at radius 3 is 2.70 bits per heavy atom. The van der Waals surface area contributed by atoms with Gasteiger partial charge in [-0.05, 0) is 36.9 Å². The fraction of sp³-hybridized carbons (Fsp3) is 0.350. The summed E-state index contributed by atoms with van der Waals surface area (Å²) in [6, 6.07) is 10.1. The second-order valence-electron chi connectivity index (χ2n) is 6.40. The summed E-state index contributed by atoms with van der Waals surface area (Å²) in [6.07, 6.45) is 0.827. The molecule has 0 saturated heterocycles. The zero-order valence-corrected chi connectivity index (χ0v) is 15.5. The van der Waals surface area contributed by atoms with Crippen molar-refractivity contribution in [3.8, 4) is 17.2 Å². The summed E-state index contributed by atoms with van der Waals surface area (Å²) in [5.74, 6) is 0.936. The van der Waals surface area contributed by atoms with Crippen molar-refractivity contribution in [2.75, 3.05) is 39.2 Å². The van der Waals surface area contributed by atoms with Crippen LogP contribution in [-0.4, -0.2) is 44.7 Å². The molecule has 2 aromatic carbocycles. The lowest BCUT2D eigenvalue weighted by Gasteiger charge is -2.17. The fourth-order valence-corrected chi connectivity index (χ4v) is 2.86. The van der Waals surface area contributed by atoms with Gasteiger partial charge in [-0.25, -0.2) is 4.39 Å². The summed E-state index contributed by atoms with van der Waals surface area (Å²) in [6.45, 7) is 1.82. The van der Waals surface area contributed by atoms with Gasteiger partial charge in [0.25, 0.3) is 0 Å². The van der Waals surface area contributed by atoms with Gasteiger partial charge in [0.15, 0.2) is 23.1 Å². The molecular formula is C20H23FN2O4. The van der Waals surface area contributed by atoms with Gasteiger partial charge in [0.1, 0.15) is 0 Å². The first-order chi connectivity index (χ1) is 13.0. The second-order valence-corrected chi connectivity index (χ2v) is 6.40. The maximum atomic E-state index is 13.8. The van der Waals surface area contributed by atoms with E-state index in [4.69, 9.17) is 14.2 Å². The normalized spacial score (nSPS) is 13.2. The maximum Gasteiger partial charge on any atom is 0.238 e. The molecule has 0 fully saturated rings. The first-order valence-corrected chi connectivity index (χ1v) is 8.75. The summed E-state index contributed by atoms with van der Waals surface area (Å²) in [4.78, 5) is 14.1. The number of anilines is 1. The number of rotatable bonds is 6. The third-order valence-electron chi connectivity index (χ3n) is 4.11. The number of ether oxygens (including phenoxy) is 3. The lowest BCUT2D eigenvalue weighted by atomic mass is 10.2. The highest BCUT2D eigenvalue weighted by Gasteiger charge is 2.13. The minimum atomic E-state index is -0.417. The lowest BCUT2D eigenvalue weighted by Crippen LogP contribution is -2.29. The van der Waals surface area contributed by atoms with Crippen LogP contribution in [0, 0.1) is 5.82 Å². The second kappa shape index (κ2) is 8.73. The molecule has 0 unspecified atom stereocenters. The molecular weight excluding hydrogens is 351 g/mol. The number of carbonyl (C=O) groups excluding carboxylic acids is 1. The molecule has 144 valence electrons. The summed E-state index contributed by atoms with van der Waals surface area (Å²) in [5, 5.41) is 2.85. The third kappa shape index (κ3) is 5.10. The van der Waals surface area contributed by atoms with Crippen LogP contribution < -0.4 is 19.5 Å². The molecule has 0 spiro atoms. The van der Waals surface area contributed by atoms with Gasteiger partial charge in [0.2, 0.25) is 5.91 Å². The number of nitrogens with zero attached hydrogens (tertiary/aromatic N) is 1. The average molecular weight is 374 g/mol. The molecule has 0 aromatic heterocycles. The Bertz CT molecular complexity index is 813. The van der Waals surface area contributed by atoms with E-state index in [0.29, 0.717) is 36.9 Å². The molecule has 3 rings (SSSR count). The predicted octanol–water partition coefficient (Wildman–Crippen LogP) is 3.07. The molecule has 27 heavy (non-hydrogen) atoms. The monoisotopic (exact) mass is 374 g/mol. The van der Waals surface area contributed by atoms with Crippen LogP contribution in [0.3, 0.4) is 0 Å². The van der Waals surface area contributed by atoms with E-state index in [-0.39, 0.29) is 18.2 Å². The Morgan fingerprint density at radius 2 is 1.96 bits per heavy atom. The van der Waals surface area contributed by atoms with E-state index in [9.17, 15) is 9.18 Å². The van der Waals surface area contributed by atoms with Gasteiger partial charge < -0.3 is 19.5 Å².